The highest BCUT2D eigenvalue weighted by molar-refractivity contribution is 8.00. The van der Waals surface area contributed by atoms with E-state index in [4.69, 9.17) is 34.8 Å². The van der Waals surface area contributed by atoms with Crippen LogP contribution >= 0.6 is 46.6 Å². The molecule has 0 aliphatic rings. The molecule has 0 spiro atoms. The van der Waals surface area contributed by atoms with Crippen molar-refractivity contribution in [2.24, 2.45) is 0 Å². The van der Waals surface area contributed by atoms with Gasteiger partial charge < -0.3 is 16.0 Å². The molecule has 0 saturated heterocycles. The number of hydrogen-bond donors (Lipinski definition) is 3. The Morgan fingerprint density at radius 2 is 1.28 bits per heavy atom. The third kappa shape index (κ3) is 8.59. The first-order chi connectivity index (χ1) is 22.3. The summed E-state index contributed by atoms with van der Waals surface area (Å²) >= 11 is 20.2. The zero-order valence-electron chi connectivity index (χ0n) is 24.0. The van der Waals surface area contributed by atoms with Crippen LogP contribution in [0.3, 0.4) is 0 Å². The molecule has 0 saturated carbocycles. The van der Waals surface area contributed by atoms with Crippen molar-refractivity contribution < 1.29 is 14.4 Å². The van der Waals surface area contributed by atoms with E-state index >= 15 is 0 Å². The Morgan fingerprint density at radius 1 is 0.652 bits per heavy atom. The second-order valence-corrected chi connectivity index (χ2v) is 12.2. The predicted octanol–water partition coefficient (Wildman–Crippen LogP) is 9.53. The molecule has 0 aromatic heterocycles. The van der Waals surface area contributed by atoms with Gasteiger partial charge in [-0.1, -0.05) is 108 Å². The smallest absolute Gasteiger partial charge is 0.272 e. The molecule has 3 amide bonds. The van der Waals surface area contributed by atoms with Gasteiger partial charge in [-0.05, 0) is 71.8 Å². The minimum atomic E-state index is -0.580. The second-order valence-electron chi connectivity index (χ2n) is 9.88. The molecule has 6 nitrogen and oxygen atoms in total. The molecular weight excluding hydrogens is 661 g/mol. The van der Waals surface area contributed by atoms with Crippen LogP contribution in [0, 0.1) is 0 Å². The molecule has 230 valence electrons. The Kier molecular flexibility index (Phi) is 11.2. The van der Waals surface area contributed by atoms with Crippen molar-refractivity contribution in [1.82, 2.24) is 5.32 Å². The average Bonchev–Trinajstić information content (AvgIpc) is 3.07. The molecule has 0 aliphatic carbocycles. The van der Waals surface area contributed by atoms with Crippen molar-refractivity contribution in [3.63, 3.8) is 0 Å². The lowest BCUT2D eigenvalue weighted by Crippen LogP contribution is -2.30. The largest absolute Gasteiger partial charge is 0.323 e. The molecule has 1 atom stereocenters. The van der Waals surface area contributed by atoms with Gasteiger partial charge in [0.25, 0.3) is 11.8 Å². The van der Waals surface area contributed by atoms with Gasteiger partial charge in [0.15, 0.2) is 0 Å². The highest BCUT2D eigenvalue weighted by atomic mass is 35.5. The molecule has 0 bridgehead atoms. The van der Waals surface area contributed by atoms with Crippen LogP contribution in [0.1, 0.15) is 26.7 Å². The summed E-state index contributed by atoms with van der Waals surface area (Å²) in [4.78, 5) is 40.7. The summed E-state index contributed by atoms with van der Waals surface area (Å²) in [5.74, 6) is -1.26. The topological polar surface area (TPSA) is 87.3 Å². The van der Waals surface area contributed by atoms with Gasteiger partial charge in [-0.3, -0.25) is 14.4 Å². The van der Waals surface area contributed by atoms with E-state index in [2.05, 4.69) is 16.0 Å². The number of amides is 3. The third-order valence-corrected chi connectivity index (χ3v) is 9.08. The molecule has 5 rings (SSSR count). The van der Waals surface area contributed by atoms with E-state index in [1.807, 2.05) is 30.3 Å². The molecule has 10 heteroatoms. The van der Waals surface area contributed by atoms with E-state index in [0.717, 1.165) is 10.5 Å². The molecule has 0 radical (unpaired) electrons. The average molecular weight is 687 g/mol. The fourth-order valence-electron chi connectivity index (χ4n) is 4.34. The van der Waals surface area contributed by atoms with Crippen LogP contribution in [-0.2, 0) is 9.59 Å². The number of anilines is 2. The Hall–Kier alpha value is -4.53. The van der Waals surface area contributed by atoms with Crippen LogP contribution in [0.25, 0.3) is 6.08 Å². The summed E-state index contributed by atoms with van der Waals surface area (Å²) in [5, 5.41) is 8.86. The van der Waals surface area contributed by atoms with E-state index in [9.17, 15) is 14.4 Å². The lowest BCUT2D eigenvalue weighted by Gasteiger charge is -2.18. The molecule has 3 N–H and O–H groups in total. The number of para-hydroxylation sites is 1. The molecule has 5 aromatic carbocycles. The molecule has 0 aliphatic heterocycles. The van der Waals surface area contributed by atoms with Gasteiger partial charge in [0, 0.05) is 16.1 Å². The molecule has 46 heavy (non-hydrogen) atoms. The maximum Gasteiger partial charge on any atom is 0.272 e. The Labute approximate surface area is 285 Å². The number of thioether (sulfide) groups is 1. The quantitative estimate of drug-likeness (QED) is 0.101. The highest BCUT2D eigenvalue weighted by Crippen LogP contribution is 2.37. The van der Waals surface area contributed by atoms with Crippen molar-refractivity contribution in [1.29, 1.82) is 0 Å². The standard InChI is InChI=1S/C36H26Cl3N3O3S/c37-28-15-7-8-17-30(28)41-36(45)33(23-10-3-1-4-11-23)46-27-20-18-26(19-21-27)40-35(44)31(22-25-14-9-16-29(38)32(25)39)42-34(43)24-12-5-2-6-13-24/h1-22,33H,(H,40,44)(H,41,45)(H,42,43)/b31-22-. The van der Waals surface area contributed by atoms with Crippen LogP contribution < -0.4 is 16.0 Å². The van der Waals surface area contributed by atoms with E-state index in [0.29, 0.717) is 32.5 Å². The summed E-state index contributed by atoms with van der Waals surface area (Å²) in [5.41, 5.74) is 2.63. The third-order valence-electron chi connectivity index (χ3n) is 6.65. The van der Waals surface area contributed by atoms with Crippen molar-refractivity contribution in [2.75, 3.05) is 10.6 Å². The lowest BCUT2D eigenvalue weighted by atomic mass is 10.1. The van der Waals surface area contributed by atoms with Crippen molar-refractivity contribution in [3.8, 4) is 0 Å². The number of nitrogens with one attached hydrogen (secondary N) is 3. The van der Waals surface area contributed by atoms with Gasteiger partial charge in [0.2, 0.25) is 5.91 Å². The van der Waals surface area contributed by atoms with Crippen LogP contribution in [-0.4, -0.2) is 17.7 Å². The van der Waals surface area contributed by atoms with Crippen molar-refractivity contribution in [2.45, 2.75) is 10.1 Å². The summed E-state index contributed by atoms with van der Waals surface area (Å²) in [6.07, 6.45) is 1.47. The molecular formula is C36H26Cl3N3O3S. The number of carbonyl (C=O) groups is 3. The van der Waals surface area contributed by atoms with E-state index < -0.39 is 17.1 Å². The van der Waals surface area contributed by atoms with Crippen molar-refractivity contribution >= 4 is 81.7 Å². The monoisotopic (exact) mass is 685 g/mol. The minimum absolute atomic E-state index is 0.0307. The molecule has 0 fully saturated rings. The van der Waals surface area contributed by atoms with Gasteiger partial charge in [0.1, 0.15) is 10.9 Å². The summed E-state index contributed by atoms with van der Waals surface area (Å²) in [7, 11) is 0. The number of benzene rings is 5. The Bertz CT molecular complexity index is 1890. The fraction of sp³-hybridized carbons (Fsp3) is 0.0278. The van der Waals surface area contributed by atoms with E-state index in [-0.39, 0.29) is 16.6 Å². The van der Waals surface area contributed by atoms with Gasteiger partial charge in [-0.15, -0.1) is 11.8 Å². The highest BCUT2D eigenvalue weighted by Gasteiger charge is 2.23. The van der Waals surface area contributed by atoms with Crippen LogP contribution in [0.2, 0.25) is 15.1 Å². The second kappa shape index (κ2) is 15.7. The zero-order chi connectivity index (χ0) is 32.5. The van der Waals surface area contributed by atoms with Gasteiger partial charge in [-0.25, -0.2) is 0 Å². The van der Waals surface area contributed by atoms with Gasteiger partial charge in [0.05, 0.1) is 20.8 Å². The molecule has 5 aromatic rings. The number of hydrogen-bond acceptors (Lipinski definition) is 4. The SMILES string of the molecule is O=C(Nc1ccc(SC(C(=O)Nc2ccccc2Cl)c2ccccc2)cc1)/C(=C/c1cccc(Cl)c1Cl)NC(=O)c1ccccc1. The maximum absolute atomic E-state index is 13.5. The number of halogens is 3. The molecule has 0 heterocycles. The Morgan fingerprint density at radius 3 is 1.98 bits per heavy atom. The van der Waals surface area contributed by atoms with Gasteiger partial charge in [-0.2, -0.15) is 0 Å². The number of carbonyl (C=O) groups excluding carboxylic acids is 3. The zero-order valence-corrected chi connectivity index (χ0v) is 27.1. The van der Waals surface area contributed by atoms with E-state index in [1.54, 1.807) is 97.1 Å². The summed E-state index contributed by atoms with van der Waals surface area (Å²) in [6, 6.07) is 37.1. The summed E-state index contributed by atoms with van der Waals surface area (Å²) < 4.78 is 0. The summed E-state index contributed by atoms with van der Waals surface area (Å²) in [6.45, 7) is 0. The minimum Gasteiger partial charge on any atom is -0.323 e. The van der Waals surface area contributed by atoms with Crippen LogP contribution in [0.5, 0.6) is 0 Å². The fourth-order valence-corrected chi connectivity index (χ4v) is 5.91. The first kappa shape index (κ1) is 32.9. The Balaban J connectivity index is 1.35. The first-order valence-corrected chi connectivity index (χ1v) is 16.0. The lowest BCUT2D eigenvalue weighted by molar-refractivity contribution is -0.116. The normalized spacial score (nSPS) is 11.8. The van der Waals surface area contributed by atoms with E-state index in [1.165, 1.54) is 17.8 Å². The van der Waals surface area contributed by atoms with Gasteiger partial charge >= 0.3 is 0 Å². The maximum atomic E-state index is 13.5. The number of rotatable bonds is 10. The predicted molar refractivity (Wildman–Crippen MR) is 189 cm³/mol. The van der Waals surface area contributed by atoms with Crippen molar-refractivity contribution in [3.05, 3.63) is 165 Å². The van der Waals surface area contributed by atoms with Crippen LogP contribution in [0.15, 0.2) is 138 Å². The molecule has 1 unspecified atom stereocenters. The van der Waals surface area contributed by atoms with Crippen LogP contribution in [0.4, 0.5) is 11.4 Å². The first-order valence-electron chi connectivity index (χ1n) is 14.0.